The van der Waals surface area contributed by atoms with Crippen LogP contribution in [0.25, 0.3) is 0 Å². The third-order valence-electron chi connectivity index (χ3n) is 4.61. The number of nitro groups is 1. The van der Waals surface area contributed by atoms with Crippen LogP contribution in [0, 0.1) is 10.1 Å². The second kappa shape index (κ2) is 8.57. The minimum Gasteiger partial charge on any atom is -0.444 e. The molecular weight excluding hydrogens is 372 g/mol. The number of hydrogen-bond acceptors (Lipinski definition) is 6. The summed E-state index contributed by atoms with van der Waals surface area (Å²) in [5, 5.41) is 13.6. The van der Waals surface area contributed by atoms with E-state index in [1.807, 2.05) is 39.0 Å². The second-order valence-corrected chi connectivity index (χ2v) is 8.13. The molecule has 1 aromatic heterocycles. The third kappa shape index (κ3) is 5.99. The normalized spacial score (nSPS) is 14.2. The molecule has 1 aliphatic heterocycles. The van der Waals surface area contributed by atoms with E-state index in [4.69, 9.17) is 4.74 Å². The van der Waals surface area contributed by atoms with E-state index in [1.54, 1.807) is 18.2 Å². The van der Waals surface area contributed by atoms with Gasteiger partial charge in [0.2, 0.25) is 0 Å². The van der Waals surface area contributed by atoms with Crippen LogP contribution in [0.5, 0.6) is 0 Å². The van der Waals surface area contributed by atoms with Crippen LogP contribution in [0.15, 0.2) is 36.4 Å². The largest absolute Gasteiger partial charge is 0.444 e. The summed E-state index contributed by atoms with van der Waals surface area (Å²) >= 11 is 0. The first kappa shape index (κ1) is 20.7. The van der Waals surface area contributed by atoms with E-state index < -0.39 is 11.7 Å². The van der Waals surface area contributed by atoms with Crippen LogP contribution >= 0.6 is 0 Å². The second-order valence-electron chi connectivity index (χ2n) is 8.13. The van der Waals surface area contributed by atoms with Gasteiger partial charge >= 0.3 is 6.09 Å². The van der Waals surface area contributed by atoms with E-state index in [-0.39, 0.29) is 10.6 Å². The molecule has 8 nitrogen and oxygen atoms in total. The van der Waals surface area contributed by atoms with Gasteiger partial charge in [0.25, 0.3) is 5.69 Å². The van der Waals surface area contributed by atoms with Crippen LogP contribution in [0.3, 0.4) is 0 Å². The Labute approximate surface area is 170 Å². The molecule has 0 fully saturated rings. The van der Waals surface area contributed by atoms with Crippen LogP contribution in [-0.4, -0.2) is 39.6 Å². The summed E-state index contributed by atoms with van der Waals surface area (Å²) in [6.45, 7) is 7.87. The molecule has 2 aromatic rings. The summed E-state index contributed by atoms with van der Waals surface area (Å²) in [6.07, 6.45) is 1.01. The Bertz CT molecular complexity index is 908. The number of carbonyl (C=O) groups excluding carboxylic acids is 1. The number of nitrogens with one attached hydrogen (secondary N) is 1. The van der Waals surface area contributed by atoms with Crippen molar-refractivity contribution >= 4 is 17.6 Å². The highest BCUT2D eigenvalue weighted by Crippen LogP contribution is 2.24. The predicted molar refractivity (Wildman–Crippen MR) is 110 cm³/mol. The lowest BCUT2D eigenvalue weighted by molar-refractivity contribution is -0.384. The van der Waals surface area contributed by atoms with Crippen molar-refractivity contribution in [3.8, 4) is 0 Å². The molecule has 0 saturated carbocycles. The quantitative estimate of drug-likeness (QED) is 0.605. The number of aromatic nitrogens is 1. The van der Waals surface area contributed by atoms with Gasteiger partial charge in [0.05, 0.1) is 4.92 Å². The molecule has 2 heterocycles. The number of hydrogen-bond donors (Lipinski definition) is 1. The van der Waals surface area contributed by atoms with Crippen LogP contribution < -0.4 is 5.32 Å². The Kier molecular flexibility index (Phi) is 6.12. The summed E-state index contributed by atoms with van der Waals surface area (Å²) in [5.41, 5.74) is 2.66. The number of benzene rings is 1. The van der Waals surface area contributed by atoms with Crippen molar-refractivity contribution < 1.29 is 14.5 Å². The maximum absolute atomic E-state index is 11.9. The fourth-order valence-electron chi connectivity index (χ4n) is 3.27. The lowest BCUT2D eigenvalue weighted by atomic mass is 9.99. The molecule has 0 radical (unpaired) electrons. The van der Waals surface area contributed by atoms with Gasteiger partial charge in [-0.1, -0.05) is 12.1 Å². The summed E-state index contributed by atoms with van der Waals surface area (Å²) in [6, 6.07) is 10.6. The summed E-state index contributed by atoms with van der Waals surface area (Å²) in [4.78, 5) is 29.3. The van der Waals surface area contributed by atoms with Gasteiger partial charge in [0, 0.05) is 43.9 Å². The number of rotatable bonds is 5. The number of ether oxygens (including phenoxy) is 1. The molecule has 0 saturated heterocycles. The molecule has 0 bridgehead atoms. The van der Waals surface area contributed by atoms with Crippen molar-refractivity contribution in [3.05, 3.63) is 63.3 Å². The Balaban J connectivity index is 1.55. The number of nitro benzene ring substituents is 1. The topological polar surface area (TPSA) is 97.6 Å². The maximum Gasteiger partial charge on any atom is 0.413 e. The van der Waals surface area contributed by atoms with Gasteiger partial charge in [0.15, 0.2) is 0 Å². The monoisotopic (exact) mass is 398 g/mol. The van der Waals surface area contributed by atoms with Crippen molar-refractivity contribution in [2.45, 2.75) is 45.8 Å². The number of carbonyl (C=O) groups is 1. The number of non-ortho nitro benzene ring substituents is 1. The molecule has 3 rings (SSSR count). The van der Waals surface area contributed by atoms with Gasteiger partial charge in [0.1, 0.15) is 11.4 Å². The van der Waals surface area contributed by atoms with Crippen molar-refractivity contribution in [3.63, 3.8) is 0 Å². The van der Waals surface area contributed by atoms with Crippen molar-refractivity contribution in [1.82, 2.24) is 9.88 Å². The van der Waals surface area contributed by atoms with E-state index in [9.17, 15) is 14.9 Å². The van der Waals surface area contributed by atoms with Gasteiger partial charge in [-0.05, 0) is 50.5 Å². The van der Waals surface area contributed by atoms with Gasteiger partial charge in [-0.2, -0.15) is 0 Å². The molecular formula is C21H26N4O4. The van der Waals surface area contributed by atoms with Crippen molar-refractivity contribution in [1.29, 1.82) is 0 Å². The van der Waals surface area contributed by atoms with Crippen molar-refractivity contribution in [2.75, 3.05) is 18.4 Å². The molecule has 1 aliphatic rings. The number of pyridine rings is 1. The van der Waals surface area contributed by atoms with Gasteiger partial charge in [-0.3, -0.25) is 20.3 Å². The molecule has 8 heteroatoms. The molecule has 1 N–H and O–H groups in total. The maximum atomic E-state index is 11.9. The Morgan fingerprint density at radius 2 is 2.07 bits per heavy atom. The summed E-state index contributed by atoms with van der Waals surface area (Å²) in [7, 11) is 0. The Hall–Kier alpha value is -3.00. The SMILES string of the molecule is CC(C)(C)OC(=O)Nc1cccc(CCN2CCc3cc([N+](=O)[O-])ccc3C2)n1. The highest BCUT2D eigenvalue weighted by Gasteiger charge is 2.19. The Morgan fingerprint density at radius 1 is 1.28 bits per heavy atom. The van der Waals surface area contributed by atoms with Gasteiger partial charge in [-0.15, -0.1) is 0 Å². The standard InChI is InChI=1S/C21H26N4O4/c1-21(2,3)29-20(26)23-19-6-4-5-17(22-19)10-12-24-11-9-15-13-18(25(27)28)8-7-16(15)14-24/h4-8,13H,9-12,14H2,1-3H3,(H,22,23,26). The lowest BCUT2D eigenvalue weighted by Crippen LogP contribution is -2.32. The van der Waals surface area contributed by atoms with E-state index in [0.29, 0.717) is 5.82 Å². The molecule has 0 atom stereocenters. The van der Waals surface area contributed by atoms with Crippen molar-refractivity contribution in [2.24, 2.45) is 0 Å². The van der Waals surface area contributed by atoms with E-state index >= 15 is 0 Å². The zero-order chi connectivity index (χ0) is 21.0. The number of amides is 1. The first-order valence-corrected chi connectivity index (χ1v) is 9.64. The lowest BCUT2D eigenvalue weighted by Gasteiger charge is -2.28. The molecule has 29 heavy (non-hydrogen) atoms. The highest BCUT2D eigenvalue weighted by molar-refractivity contribution is 5.83. The molecule has 154 valence electrons. The minimum absolute atomic E-state index is 0.149. The predicted octanol–water partition coefficient (Wildman–Crippen LogP) is 3.94. The number of fused-ring (bicyclic) bond motifs is 1. The average molecular weight is 398 g/mol. The van der Waals surface area contributed by atoms with E-state index in [0.717, 1.165) is 49.3 Å². The highest BCUT2D eigenvalue weighted by atomic mass is 16.6. The number of nitrogens with zero attached hydrogens (tertiary/aromatic N) is 3. The summed E-state index contributed by atoms with van der Waals surface area (Å²) < 4.78 is 5.25. The minimum atomic E-state index is -0.563. The number of anilines is 1. The Morgan fingerprint density at radius 3 is 2.79 bits per heavy atom. The van der Waals surface area contributed by atoms with E-state index in [2.05, 4.69) is 15.2 Å². The van der Waals surface area contributed by atoms with Crippen LogP contribution in [0.2, 0.25) is 0 Å². The smallest absolute Gasteiger partial charge is 0.413 e. The third-order valence-corrected chi connectivity index (χ3v) is 4.61. The molecule has 0 aliphatic carbocycles. The van der Waals surface area contributed by atoms with Gasteiger partial charge in [-0.25, -0.2) is 9.78 Å². The zero-order valence-corrected chi connectivity index (χ0v) is 17.0. The fraction of sp³-hybridized carbons (Fsp3) is 0.429. The van der Waals surface area contributed by atoms with Gasteiger partial charge < -0.3 is 4.74 Å². The molecule has 0 spiro atoms. The fourth-order valence-corrected chi connectivity index (χ4v) is 3.27. The van der Waals surface area contributed by atoms with E-state index in [1.165, 1.54) is 0 Å². The van der Waals surface area contributed by atoms with Crippen LogP contribution in [0.1, 0.15) is 37.6 Å². The summed E-state index contributed by atoms with van der Waals surface area (Å²) in [5.74, 6) is 0.466. The van der Waals surface area contributed by atoms with Crippen LogP contribution in [-0.2, 0) is 24.1 Å². The first-order chi connectivity index (χ1) is 13.7. The molecule has 1 amide bonds. The first-order valence-electron chi connectivity index (χ1n) is 9.64. The zero-order valence-electron chi connectivity index (χ0n) is 17.0. The van der Waals surface area contributed by atoms with Crippen LogP contribution in [0.4, 0.5) is 16.3 Å². The molecule has 1 aromatic carbocycles. The molecule has 0 unspecified atom stereocenters. The average Bonchev–Trinajstić information content (AvgIpc) is 2.64.